The van der Waals surface area contributed by atoms with Crippen molar-refractivity contribution in [2.75, 3.05) is 26.7 Å². The van der Waals surface area contributed by atoms with Crippen molar-refractivity contribution in [1.82, 2.24) is 9.80 Å². The zero-order chi connectivity index (χ0) is 17.7. The van der Waals surface area contributed by atoms with Crippen LogP contribution in [-0.2, 0) is 13.0 Å². The summed E-state index contributed by atoms with van der Waals surface area (Å²) in [6.45, 7) is 3.63. The predicted molar refractivity (Wildman–Crippen MR) is 101 cm³/mol. The predicted octanol–water partition coefficient (Wildman–Crippen LogP) is 3.39. The smallest absolute Gasteiger partial charge is 0.289 e. The van der Waals surface area contributed by atoms with Gasteiger partial charge in [0, 0.05) is 42.5 Å². The largest absolute Gasteiger partial charge is 0.493 e. The topological polar surface area (TPSA) is 45.9 Å². The Morgan fingerprint density at radius 2 is 2.19 bits per heavy atom. The average molecular weight is 368 g/mol. The maximum Gasteiger partial charge on any atom is 0.289 e. The fourth-order valence-corrected chi connectivity index (χ4v) is 4.78. The number of carbonyl (C=O) groups is 1. The van der Waals surface area contributed by atoms with Crippen molar-refractivity contribution < 1.29 is 13.9 Å². The van der Waals surface area contributed by atoms with Gasteiger partial charge < -0.3 is 14.1 Å². The Bertz CT molecular complexity index is 971. The number of ether oxygens (including phenoxy) is 1. The van der Waals surface area contributed by atoms with Crippen molar-refractivity contribution in [1.29, 1.82) is 0 Å². The van der Waals surface area contributed by atoms with E-state index in [0.29, 0.717) is 23.1 Å². The molecule has 0 saturated carbocycles. The number of amides is 1. The standard InChI is InChI=1S/C20H20N2O3S/c1-24-16-4-2-3-13-9-17(25-19(13)16)20(23)22-11-15(12-22)21-7-5-18-14(10-21)6-8-26-18/h2-4,6,8-9,15H,5,7,10-12H2,1H3. The molecule has 1 saturated heterocycles. The number of likely N-dealkylation sites (tertiary alicyclic amines) is 1. The molecule has 2 aliphatic rings. The minimum Gasteiger partial charge on any atom is -0.493 e. The van der Waals surface area contributed by atoms with Crippen LogP contribution >= 0.6 is 11.3 Å². The van der Waals surface area contributed by atoms with Crippen LogP contribution in [0.2, 0.25) is 0 Å². The number of para-hydroxylation sites is 1. The van der Waals surface area contributed by atoms with E-state index in [9.17, 15) is 4.79 Å². The Morgan fingerprint density at radius 3 is 3.04 bits per heavy atom. The Balaban J connectivity index is 1.27. The van der Waals surface area contributed by atoms with Gasteiger partial charge in [-0.15, -0.1) is 11.3 Å². The number of hydrogen-bond acceptors (Lipinski definition) is 5. The van der Waals surface area contributed by atoms with Gasteiger partial charge in [0.1, 0.15) is 0 Å². The Kier molecular flexibility index (Phi) is 3.76. The summed E-state index contributed by atoms with van der Waals surface area (Å²) >= 11 is 1.86. The summed E-state index contributed by atoms with van der Waals surface area (Å²) in [5.41, 5.74) is 2.09. The van der Waals surface area contributed by atoms with Crippen LogP contribution in [-0.4, -0.2) is 48.5 Å². The molecule has 1 amide bonds. The molecule has 5 rings (SSSR count). The van der Waals surface area contributed by atoms with Crippen molar-refractivity contribution in [3.05, 3.63) is 51.9 Å². The number of rotatable bonds is 3. The second kappa shape index (κ2) is 6.14. The van der Waals surface area contributed by atoms with E-state index < -0.39 is 0 Å². The molecule has 26 heavy (non-hydrogen) atoms. The van der Waals surface area contributed by atoms with E-state index in [0.717, 1.165) is 38.0 Å². The highest BCUT2D eigenvalue weighted by Crippen LogP contribution is 2.31. The third-order valence-corrected chi connectivity index (χ3v) is 6.46. The van der Waals surface area contributed by atoms with Crippen LogP contribution in [0.4, 0.5) is 0 Å². The van der Waals surface area contributed by atoms with Gasteiger partial charge in [0.25, 0.3) is 5.91 Å². The fourth-order valence-electron chi connectivity index (χ4n) is 3.89. The number of methoxy groups -OCH3 is 1. The lowest BCUT2D eigenvalue weighted by molar-refractivity contribution is 0.0199. The second-order valence-electron chi connectivity index (χ2n) is 6.94. The van der Waals surface area contributed by atoms with Crippen LogP contribution in [0.5, 0.6) is 5.75 Å². The SMILES string of the molecule is COc1cccc2cc(C(=O)N3CC(N4CCc5sccc5C4)C3)oc12. The summed E-state index contributed by atoms with van der Waals surface area (Å²) < 4.78 is 11.1. The lowest BCUT2D eigenvalue weighted by Crippen LogP contribution is -2.61. The molecular formula is C20H20N2O3S. The molecule has 2 aromatic heterocycles. The number of benzene rings is 1. The number of fused-ring (bicyclic) bond motifs is 2. The number of hydrogen-bond donors (Lipinski definition) is 0. The Morgan fingerprint density at radius 1 is 1.31 bits per heavy atom. The van der Waals surface area contributed by atoms with Crippen molar-refractivity contribution in [3.8, 4) is 5.75 Å². The maximum atomic E-state index is 12.8. The highest BCUT2D eigenvalue weighted by atomic mass is 32.1. The van der Waals surface area contributed by atoms with E-state index in [1.165, 1.54) is 10.4 Å². The number of carbonyl (C=O) groups excluding carboxylic acids is 1. The van der Waals surface area contributed by atoms with Gasteiger partial charge in [-0.1, -0.05) is 12.1 Å². The van der Waals surface area contributed by atoms with Gasteiger partial charge in [-0.05, 0) is 35.6 Å². The first-order valence-corrected chi connectivity index (χ1v) is 9.76. The van der Waals surface area contributed by atoms with Gasteiger partial charge in [0.2, 0.25) is 0 Å². The fraction of sp³-hybridized carbons (Fsp3) is 0.350. The molecule has 1 aromatic carbocycles. The van der Waals surface area contributed by atoms with Gasteiger partial charge in [-0.3, -0.25) is 9.69 Å². The molecule has 0 unspecified atom stereocenters. The van der Waals surface area contributed by atoms with Crippen molar-refractivity contribution in [3.63, 3.8) is 0 Å². The molecule has 0 atom stereocenters. The molecule has 5 nitrogen and oxygen atoms in total. The molecule has 0 radical (unpaired) electrons. The zero-order valence-electron chi connectivity index (χ0n) is 14.6. The van der Waals surface area contributed by atoms with Crippen LogP contribution < -0.4 is 4.74 Å². The molecular weight excluding hydrogens is 348 g/mol. The first kappa shape index (κ1) is 15.9. The maximum absolute atomic E-state index is 12.8. The lowest BCUT2D eigenvalue weighted by atomic mass is 10.0. The molecule has 0 bridgehead atoms. The molecule has 0 spiro atoms. The zero-order valence-corrected chi connectivity index (χ0v) is 15.4. The van der Waals surface area contributed by atoms with Crippen LogP contribution in [0, 0.1) is 0 Å². The number of furan rings is 1. The second-order valence-corrected chi connectivity index (χ2v) is 7.94. The highest BCUT2D eigenvalue weighted by molar-refractivity contribution is 7.10. The Labute approximate surface area is 155 Å². The van der Waals surface area contributed by atoms with Crippen LogP contribution in [0.15, 0.2) is 40.1 Å². The first-order chi connectivity index (χ1) is 12.7. The van der Waals surface area contributed by atoms with Gasteiger partial charge >= 0.3 is 0 Å². The number of thiophene rings is 1. The summed E-state index contributed by atoms with van der Waals surface area (Å²) in [5, 5.41) is 3.08. The van der Waals surface area contributed by atoms with Crippen LogP contribution in [0.25, 0.3) is 11.0 Å². The van der Waals surface area contributed by atoms with Crippen LogP contribution in [0.3, 0.4) is 0 Å². The van der Waals surface area contributed by atoms with Crippen molar-refractivity contribution >= 4 is 28.2 Å². The molecule has 6 heteroatoms. The summed E-state index contributed by atoms with van der Waals surface area (Å²) in [5.74, 6) is 1.01. The molecule has 0 N–H and O–H groups in total. The van der Waals surface area contributed by atoms with Gasteiger partial charge in [0.05, 0.1) is 7.11 Å². The monoisotopic (exact) mass is 368 g/mol. The normalized spacial score (nSPS) is 18.0. The quantitative estimate of drug-likeness (QED) is 0.711. The van der Waals surface area contributed by atoms with Crippen molar-refractivity contribution in [2.45, 2.75) is 19.0 Å². The van der Waals surface area contributed by atoms with Gasteiger partial charge in [0.15, 0.2) is 17.1 Å². The minimum atomic E-state index is -0.0345. The summed E-state index contributed by atoms with van der Waals surface area (Å²) in [6.07, 6.45) is 1.13. The molecule has 4 heterocycles. The summed E-state index contributed by atoms with van der Waals surface area (Å²) in [7, 11) is 1.61. The van der Waals surface area contributed by atoms with E-state index in [1.807, 2.05) is 40.5 Å². The minimum absolute atomic E-state index is 0.0345. The number of nitrogens with zero attached hydrogens (tertiary/aromatic N) is 2. The third-order valence-electron chi connectivity index (χ3n) is 5.44. The summed E-state index contributed by atoms with van der Waals surface area (Å²) in [4.78, 5) is 18.6. The summed E-state index contributed by atoms with van der Waals surface area (Å²) in [6, 6.07) is 10.2. The molecule has 2 aliphatic heterocycles. The van der Waals surface area contributed by atoms with E-state index in [1.54, 1.807) is 7.11 Å². The first-order valence-electron chi connectivity index (χ1n) is 8.88. The molecule has 1 fully saturated rings. The molecule has 0 aliphatic carbocycles. The lowest BCUT2D eigenvalue weighted by Gasteiger charge is -2.46. The van der Waals surface area contributed by atoms with E-state index >= 15 is 0 Å². The third kappa shape index (κ3) is 2.52. The van der Waals surface area contributed by atoms with Gasteiger partial charge in [-0.2, -0.15) is 0 Å². The Hall–Kier alpha value is -2.31. The molecule has 134 valence electrons. The van der Waals surface area contributed by atoms with E-state index in [4.69, 9.17) is 9.15 Å². The van der Waals surface area contributed by atoms with Crippen LogP contribution in [0.1, 0.15) is 21.0 Å². The van der Waals surface area contributed by atoms with E-state index in [-0.39, 0.29) is 5.91 Å². The van der Waals surface area contributed by atoms with Gasteiger partial charge in [-0.25, -0.2) is 0 Å². The highest BCUT2D eigenvalue weighted by Gasteiger charge is 2.37. The van der Waals surface area contributed by atoms with Crippen molar-refractivity contribution in [2.24, 2.45) is 0 Å². The molecule has 3 aromatic rings. The van der Waals surface area contributed by atoms with E-state index in [2.05, 4.69) is 16.3 Å². The average Bonchev–Trinajstić information content (AvgIpc) is 3.26.